The van der Waals surface area contributed by atoms with Crippen molar-refractivity contribution >= 4 is 5.71 Å². The molecule has 1 aliphatic carbocycles. The first kappa shape index (κ1) is 8.30. The van der Waals surface area contributed by atoms with Crippen LogP contribution in [0.2, 0.25) is 0 Å². The van der Waals surface area contributed by atoms with Crippen LogP contribution in [0.5, 0.6) is 0 Å². The minimum atomic E-state index is 0.756. The predicted molar refractivity (Wildman–Crippen MR) is 52.1 cm³/mol. The van der Waals surface area contributed by atoms with E-state index in [0.717, 1.165) is 23.6 Å². The van der Waals surface area contributed by atoms with Crippen LogP contribution in [0.25, 0.3) is 0 Å². The average molecular weight is 175 g/mol. The third-order valence-electron chi connectivity index (χ3n) is 2.41. The Bertz CT molecular complexity index is 301. The van der Waals surface area contributed by atoms with Crippen LogP contribution in [0.15, 0.2) is 35.5 Å². The first-order valence-electron chi connectivity index (χ1n) is 4.66. The first-order valence-corrected chi connectivity index (χ1v) is 4.66. The fourth-order valence-corrected chi connectivity index (χ4v) is 1.44. The molecule has 0 atom stereocenters. The largest absolute Gasteiger partial charge is 0.411 e. The van der Waals surface area contributed by atoms with Gasteiger partial charge >= 0.3 is 0 Å². The van der Waals surface area contributed by atoms with Gasteiger partial charge in [-0.05, 0) is 30.7 Å². The molecule has 0 unspecified atom stereocenters. The van der Waals surface area contributed by atoms with E-state index in [1.807, 2.05) is 30.3 Å². The standard InChI is InChI=1S/C11H13NO/c13-12-11(8-9-6-7-9)10-4-2-1-3-5-10/h1-5,9,13H,6-8H2/b12-11-. The van der Waals surface area contributed by atoms with E-state index in [4.69, 9.17) is 5.21 Å². The monoisotopic (exact) mass is 175 g/mol. The van der Waals surface area contributed by atoms with Crippen molar-refractivity contribution in [3.8, 4) is 0 Å². The van der Waals surface area contributed by atoms with E-state index in [2.05, 4.69) is 5.16 Å². The summed E-state index contributed by atoms with van der Waals surface area (Å²) in [6.45, 7) is 0. The molecule has 0 aliphatic heterocycles. The van der Waals surface area contributed by atoms with Crippen molar-refractivity contribution in [3.05, 3.63) is 35.9 Å². The van der Waals surface area contributed by atoms with Crippen LogP contribution in [0.3, 0.4) is 0 Å². The van der Waals surface area contributed by atoms with Crippen molar-refractivity contribution in [1.82, 2.24) is 0 Å². The van der Waals surface area contributed by atoms with Crippen LogP contribution in [-0.4, -0.2) is 10.9 Å². The van der Waals surface area contributed by atoms with E-state index in [1.54, 1.807) is 0 Å². The summed E-state index contributed by atoms with van der Waals surface area (Å²) < 4.78 is 0. The molecule has 0 radical (unpaired) electrons. The first-order chi connectivity index (χ1) is 6.40. The fraction of sp³-hybridized carbons (Fsp3) is 0.364. The second-order valence-electron chi connectivity index (χ2n) is 3.56. The molecule has 2 heteroatoms. The molecule has 2 nitrogen and oxygen atoms in total. The molecule has 13 heavy (non-hydrogen) atoms. The van der Waals surface area contributed by atoms with Crippen molar-refractivity contribution in [3.63, 3.8) is 0 Å². The molecule has 0 amide bonds. The number of oxime groups is 1. The maximum atomic E-state index is 8.84. The molecule has 0 saturated heterocycles. The zero-order valence-corrected chi connectivity index (χ0v) is 7.48. The maximum Gasteiger partial charge on any atom is 0.0870 e. The Morgan fingerprint density at radius 3 is 2.54 bits per heavy atom. The maximum absolute atomic E-state index is 8.84. The molecule has 0 bridgehead atoms. The SMILES string of the molecule is O/N=C(/CC1CC1)c1ccccc1. The van der Waals surface area contributed by atoms with Crippen LogP contribution in [-0.2, 0) is 0 Å². The molecule has 1 aliphatic rings. The molecule has 0 heterocycles. The van der Waals surface area contributed by atoms with Gasteiger partial charge in [0.05, 0.1) is 5.71 Å². The molecule has 2 rings (SSSR count). The number of benzene rings is 1. The summed E-state index contributed by atoms with van der Waals surface area (Å²) in [6, 6.07) is 9.87. The van der Waals surface area contributed by atoms with Gasteiger partial charge in [0.25, 0.3) is 0 Å². The van der Waals surface area contributed by atoms with E-state index >= 15 is 0 Å². The molecule has 1 saturated carbocycles. The van der Waals surface area contributed by atoms with E-state index in [9.17, 15) is 0 Å². The normalized spacial score (nSPS) is 17.4. The van der Waals surface area contributed by atoms with Crippen LogP contribution in [0, 0.1) is 5.92 Å². The Hall–Kier alpha value is -1.31. The Morgan fingerprint density at radius 1 is 1.31 bits per heavy atom. The minimum absolute atomic E-state index is 0.756. The molecular formula is C11H13NO. The summed E-state index contributed by atoms with van der Waals surface area (Å²) in [5, 5.41) is 12.2. The zero-order chi connectivity index (χ0) is 9.10. The highest BCUT2D eigenvalue weighted by atomic mass is 16.4. The van der Waals surface area contributed by atoms with Crippen LogP contribution >= 0.6 is 0 Å². The lowest BCUT2D eigenvalue weighted by atomic mass is 10.1. The van der Waals surface area contributed by atoms with Gasteiger partial charge in [0, 0.05) is 0 Å². The lowest BCUT2D eigenvalue weighted by Crippen LogP contribution is -2.01. The molecule has 0 spiro atoms. The Balaban J connectivity index is 2.12. The van der Waals surface area contributed by atoms with Crippen molar-refractivity contribution in [2.75, 3.05) is 0 Å². The van der Waals surface area contributed by atoms with Gasteiger partial charge in [-0.3, -0.25) is 0 Å². The van der Waals surface area contributed by atoms with Crippen molar-refractivity contribution < 1.29 is 5.21 Å². The van der Waals surface area contributed by atoms with Gasteiger partial charge in [-0.25, -0.2) is 0 Å². The summed E-state index contributed by atoms with van der Waals surface area (Å²) in [6.07, 6.45) is 3.48. The van der Waals surface area contributed by atoms with E-state index in [1.165, 1.54) is 12.8 Å². The molecular weight excluding hydrogens is 162 g/mol. The van der Waals surface area contributed by atoms with E-state index < -0.39 is 0 Å². The lowest BCUT2D eigenvalue weighted by Gasteiger charge is -2.02. The van der Waals surface area contributed by atoms with Gasteiger partial charge in [-0.1, -0.05) is 35.5 Å². The van der Waals surface area contributed by atoms with E-state index in [-0.39, 0.29) is 0 Å². The minimum Gasteiger partial charge on any atom is -0.411 e. The van der Waals surface area contributed by atoms with Crippen molar-refractivity contribution in [2.24, 2.45) is 11.1 Å². The summed E-state index contributed by atoms with van der Waals surface area (Å²) in [4.78, 5) is 0. The Labute approximate surface area is 77.9 Å². The van der Waals surface area contributed by atoms with Gasteiger partial charge in [0.15, 0.2) is 0 Å². The summed E-state index contributed by atoms with van der Waals surface area (Å²) in [5.74, 6) is 0.756. The molecule has 1 aromatic rings. The highest BCUT2D eigenvalue weighted by Crippen LogP contribution is 2.33. The van der Waals surface area contributed by atoms with Gasteiger partial charge in [-0.2, -0.15) is 0 Å². The van der Waals surface area contributed by atoms with Crippen LogP contribution < -0.4 is 0 Å². The highest BCUT2D eigenvalue weighted by Gasteiger charge is 2.23. The third-order valence-corrected chi connectivity index (χ3v) is 2.41. The predicted octanol–water partition coefficient (Wildman–Crippen LogP) is 2.67. The molecule has 68 valence electrons. The summed E-state index contributed by atoms with van der Waals surface area (Å²) >= 11 is 0. The summed E-state index contributed by atoms with van der Waals surface area (Å²) in [7, 11) is 0. The Kier molecular flexibility index (Phi) is 2.30. The average Bonchev–Trinajstić information content (AvgIpc) is 2.99. The molecule has 1 fully saturated rings. The lowest BCUT2D eigenvalue weighted by molar-refractivity contribution is 0.317. The third kappa shape index (κ3) is 2.08. The quantitative estimate of drug-likeness (QED) is 0.427. The van der Waals surface area contributed by atoms with Crippen molar-refractivity contribution in [2.45, 2.75) is 19.3 Å². The molecule has 1 aromatic carbocycles. The smallest absolute Gasteiger partial charge is 0.0870 e. The zero-order valence-electron chi connectivity index (χ0n) is 7.48. The second kappa shape index (κ2) is 3.60. The number of hydrogen-bond acceptors (Lipinski definition) is 2. The van der Waals surface area contributed by atoms with Gasteiger partial charge in [0.1, 0.15) is 0 Å². The van der Waals surface area contributed by atoms with Crippen LogP contribution in [0.1, 0.15) is 24.8 Å². The number of nitrogens with zero attached hydrogens (tertiary/aromatic N) is 1. The number of hydrogen-bond donors (Lipinski definition) is 1. The summed E-state index contributed by atoms with van der Waals surface area (Å²) in [5.41, 5.74) is 1.86. The van der Waals surface area contributed by atoms with Crippen molar-refractivity contribution in [1.29, 1.82) is 0 Å². The Morgan fingerprint density at radius 2 is 2.00 bits per heavy atom. The second-order valence-corrected chi connectivity index (χ2v) is 3.56. The molecule has 0 aromatic heterocycles. The van der Waals surface area contributed by atoms with Gasteiger partial charge in [-0.15, -0.1) is 0 Å². The van der Waals surface area contributed by atoms with Crippen LogP contribution in [0.4, 0.5) is 0 Å². The van der Waals surface area contributed by atoms with E-state index in [0.29, 0.717) is 0 Å². The molecule has 1 N–H and O–H groups in total. The topological polar surface area (TPSA) is 32.6 Å². The van der Waals surface area contributed by atoms with Gasteiger partial charge in [0.2, 0.25) is 0 Å². The highest BCUT2D eigenvalue weighted by molar-refractivity contribution is 6.00. The number of rotatable bonds is 3. The fourth-order valence-electron chi connectivity index (χ4n) is 1.44. The van der Waals surface area contributed by atoms with Gasteiger partial charge < -0.3 is 5.21 Å².